The van der Waals surface area contributed by atoms with Gasteiger partial charge in [-0.15, -0.1) is 22.7 Å². The largest absolute Gasteiger partial charge is 0.337 e. The van der Waals surface area contributed by atoms with Gasteiger partial charge in [0.05, 0.1) is 21.1 Å². The van der Waals surface area contributed by atoms with Gasteiger partial charge < -0.3 is 10.2 Å². The molecule has 3 heterocycles. The topological polar surface area (TPSA) is 65.5 Å². The van der Waals surface area contributed by atoms with Crippen molar-refractivity contribution in [2.45, 2.75) is 25.8 Å². The first-order chi connectivity index (χ1) is 12.7. The highest BCUT2D eigenvalue weighted by atomic mass is 32.1. The van der Waals surface area contributed by atoms with Crippen molar-refractivity contribution in [2.24, 2.45) is 5.92 Å². The van der Waals surface area contributed by atoms with E-state index in [-0.39, 0.29) is 17.7 Å². The molecule has 8 heteroatoms. The van der Waals surface area contributed by atoms with Gasteiger partial charge in [0.25, 0.3) is 5.91 Å². The fourth-order valence-electron chi connectivity index (χ4n) is 3.12. The fourth-order valence-corrected chi connectivity index (χ4v) is 4.55. The summed E-state index contributed by atoms with van der Waals surface area (Å²) in [6, 6.07) is 3.66. The molecule has 1 aliphatic heterocycles. The second-order valence-corrected chi connectivity index (χ2v) is 8.63. The second-order valence-electron chi connectivity index (χ2n) is 6.83. The molecular weight excluding hydrogens is 368 g/mol. The van der Waals surface area contributed by atoms with Crippen molar-refractivity contribution in [2.75, 3.05) is 31.5 Å². The molecule has 26 heavy (non-hydrogen) atoms. The Morgan fingerprint density at radius 3 is 2.85 bits per heavy atom. The van der Waals surface area contributed by atoms with Crippen LogP contribution in [0.5, 0.6) is 0 Å². The van der Waals surface area contributed by atoms with Crippen LogP contribution in [-0.4, -0.2) is 52.8 Å². The molecule has 2 aromatic rings. The first kappa shape index (κ1) is 17.6. The summed E-state index contributed by atoms with van der Waals surface area (Å²) in [5.41, 5.74) is 2.96. The summed E-state index contributed by atoms with van der Waals surface area (Å²) in [6.07, 6.45) is 2.93. The number of carbonyl (C=O) groups excluding carboxylic acids is 2. The Kier molecular flexibility index (Phi) is 5.33. The third-order valence-corrected chi connectivity index (χ3v) is 6.38. The lowest BCUT2D eigenvalue weighted by molar-refractivity contribution is -0.117. The van der Waals surface area contributed by atoms with Gasteiger partial charge in [0.15, 0.2) is 0 Å². The monoisotopic (exact) mass is 390 g/mol. The molecule has 1 N–H and O–H groups in total. The van der Waals surface area contributed by atoms with E-state index >= 15 is 0 Å². The average molecular weight is 391 g/mol. The van der Waals surface area contributed by atoms with Gasteiger partial charge in [0.1, 0.15) is 0 Å². The summed E-state index contributed by atoms with van der Waals surface area (Å²) in [5, 5.41) is 5.77. The van der Waals surface area contributed by atoms with Crippen LogP contribution in [0.25, 0.3) is 0 Å². The Morgan fingerprint density at radius 2 is 2.08 bits per heavy atom. The summed E-state index contributed by atoms with van der Waals surface area (Å²) in [7, 11) is 0. The van der Waals surface area contributed by atoms with Gasteiger partial charge in [0, 0.05) is 44.0 Å². The number of amides is 2. The third-order valence-electron chi connectivity index (χ3n) is 4.76. The number of thiazole rings is 1. The molecule has 0 aromatic carbocycles. The summed E-state index contributed by atoms with van der Waals surface area (Å²) >= 11 is 2.99. The lowest BCUT2D eigenvalue weighted by Crippen LogP contribution is -2.34. The molecule has 0 unspecified atom stereocenters. The minimum Gasteiger partial charge on any atom is -0.337 e. The van der Waals surface area contributed by atoms with Crippen molar-refractivity contribution in [3.05, 3.63) is 33.6 Å². The zero-order valence-corrected chi connectivity index (χ0v) is 16.2. The number of rotatable bonds is 5. The first-order valence-corrected chi connectivity index (χ1v) is 10.7. The standard InChI is InChI=1S/C18H22N4O2S2/c23-17(13-2-3-13)20-16-5-4-15(26-16)18(24)22-7-1-6-21(8-9-22)10-14-11-25-12-19-14/h4-5,11-13H,1-3,6-10H2,(H,20,23). The number of nitrogens with one attached hydrogen (secondary N) is 1. The number of thiophene rings is 1. The first-order valence-electron chi connectivity index (χ1n) is 8.98. The predicted octanol–water partition coefficient (Wildman–Crippen LogP) is 2.90. The van der Waals surface area contributed by atoms with Crippen LogP contribution in [0.3, 0.4) is 0 Å². The lowest BCUT2D eigenvalue weighted by Gasteiger charge is -2.21. The minimum atomic E-state index is 0.0671. The summed E-state index contributed by atoms with van der Waals surface area (Å²) in [6.45, 7) is 4.19. The predicted molar refractivity (Wildman–Crippen MR) is 104 cm³/mol. The molecule has 0 atom stereocenters. The van der Waals surface area contributed by atoms with E-state index in [4.69, 9.17) is 0 Å². The maximum absolute atomic E-state index is 12.8. The number of nitrogens with zero attached hydrogens (tertiary/aromatic N) is 3. The number of hydrogen-bond donors (Lipinski definition) is 1. The van der Waals surface area contributed by atoms with Crippen LogP contribution < -0.4 is 5.32 Å². The van der Waals surface area contributed by atoms with Gasteiger partial charge in [-0.25, -0.2) is 4.98 Å². The highest BCUT2D eigenvalue weighted by Crippen LogP contribution is 2.32. The van der Waals surface area contributed by atoms with Crippen molar-refractivity contribution in [1.82, 2.24) is 14.8 Å². The number of hydrogen-bond acceptors (Lipinski definition) is 6. The molecule has 2 aromatic heterocycles. The smallest absolute Gasteiger partial charge is 0.264 e. The van der Waals surface area contributed by atoms with Crippen LogP contribution in [-0.2, 0) is 11.3 Å². The van der Waals surface area contributed by atoms with Crippen molar-refractivity contribution >= 4 is 39.5 Å². The average Bonchev–Trinajstić information content (AvgIpc) is 3.27. The van der Waals surface area contributed by atoms with E-state index in [1.54, 1.807) is 11.3 Å². The zero-order valence-electron chi connectivity index (χ0n) is 14.5. The van der Waals surface area contributed by atoms with E-state index in [0.29, 0.717) is 4.88 Å². The van der Waals surface area contributed by atoms with Gasteiger partial charge >= 0.3 is 0 Å². The van der Waals surface area contributed by atoms with Gasteiger partial charge in [-0.05, 0) is 31.4 Å². The maximum atomic E-state index is 12.8. The lowest BCUT2D eigenvalue weighted by atomic mass is 10.3. The molecule has 1 aliphatic carbocycles. The number of anilines is 1. The van der Waals surface area contributed by atoms with Gasteiger partial charge in [-0.1, -0.05) is 0 Å². The van der Waals surface area contributed by atoms with Crippen molar-refractivity contribution in [1.29, 1.82) is 0 Å². The minimum absolute atomic E-state index is 0.0671. The van der Waals surface area contributed by atoms with E-state index in [2.05, 4.69) is 20.6 Å². The zero-order chi connectivity index (χ0) is 17.9. The molecule has 6 nitrogen and oxygen atoms in total. The Labute approximate surface area is 160 Å². The number of aromatic nitrogens is 1. The highest BCUT2D eigenvalue weighted by Gasteiger charge is 2.30. The van der Waals surface area contributed by atoms with Crippen LogP contribution >= 0.6 is 22.7 Å². The van der Waals surface area contributed by atoms with E-state index in [1.807, 2.05) is 22.5 Å². The van der Waals surface area contributed by atoms with Crippen LogP contribution in [0.2, 0.25) is 0 Å². The molecule has 0 bridgehead atoms. The van der Waals surface area contributed by atoms with Crippen LogP contribution in [0.1, 0.15) is 34.6 Å². The summed E-state index contributed by atoms with van der Waals surface area (Å²) in [4.78, 5) is 34.0. The molecule has 4 rings (SSSR count). The fraction of sp³-hybridized carbons (Fsp3) is 0.500. The van der Waals surface area contributed by atoms with Crippen molar-refractivity contribution in [3.8, 4) is 0 Å². The van der Waals surface area contributed by atoms with Gasteiger partial charge in [-0.2, -0.15) is 0 Å². The molecule has 0 radical (unpaired) electrons. The molecule has 2 aliphatic rings. The van der Waals surface area contributed by atoms with E-state index in [0.717, 1.165) is 62.7 Å². The Balaban J connectivity index is 1.33. The Hall–Kier alpha value is -1.77. The SMILES string of the molecule is O=C(Nc1ccc(C(=O)N2CCCN(Cc3cscn3)CC2)s1)C1CC1. The Morgan fingerprint density at radius 1 is 1.19 bits per heavy atom. The van der Waals surface area contributed by atoms with Gasteiger partial charge in [0.2, 0.25) is 5.91 Å². The molecular formula is C18H22N4O2S2. The molecule has 1 saturated carbocycles. The molecule has 0 spiro atoms. The molecule has 1 saturated heterocycles. The third kappa shape index (κ3) is 4.31. The summed E-state index contributed by atoms with van der Waals surface area (Å²) in [5.74, 6) is 0.321. The molecule has 2 amide bonds. The van der Waals surface area contributed by atoms with Crippen LogP contribution in [0.4, 0.5) is 5.00 Å². The van der Waals surface area contributed by atoms with E-state index < -0.39 is 0 Å². The molecule has 138 valence electrons. The van der Waals surface area contributed by atoms with Crippen LogP contribution in [0.15, 0.2) is 23.0 Å². The normalized spacial score (nSPS) is 18.5. The summed E-state index contributed by atoms with van der Waals surface area (Å²) < 4.78 is 0. The number of carbonyl (C=O) groups is 2. The quantitative estimate of drug-likeness (QED) is 0.853. The maximum Gasteiger partial charge on any atom is 0.264 e. The van der Waals surface area contributed by atoms with Crippen LogP contribution in [0, 0.1) is 5.92 Å². The highest BCUT2D eigenvalue weighted by molar-refractivity contribution is 7.18. The van der Waals surface area contributed by atoms with E-state index in [1.165, 1.54) is 11.3 Å². The van der Waals surface area contributed by atoms with Crippen molar-refractivity contribution in [3.63, 3.8) is 0 Å². The van der Waals surface area contributed by atoms with Crippen molar-refractivity contribution < 1.29 is 9.59 Å². The van der Waals surface area contributed by atoms with Gasteiger partial charge in [-0.3, -0.25) is 14.5 Å². The van der Waals surface area contributed by atoms with E-state index in [9.17, 15) is 9.59 Å². The second kappa shape index (κ2) is 7.85. The molecule has 2 fully saturated rings. The Bertz CT molecular complexity index is 770.